The van der Waals surface area contributed by atoms with Crippen LogP contribution in [0, 0.1) is 0 Å². The summed E-state index contributed by atoms with van der Waals surface area (Å²) in [5, 5.41) is 37.1. The second-order valence-corrected chi connectivity index (χ2v) is 7.75. The normalized spacial score (nSPS) is 14.3. The van der Waals surface area contributed by atoms with Gasteiger partial charge in [0.15, 0.2) is 0 Å². The highest BCUT2D eigenvalue weighted by molar-refractivity contribution is 5.96. The number of benzene rings is 2. The van der Waals surface area contributed by atoms with Gasteiger partial charge in [0, 0.05) is 36.2 Å². The minimum Gasteiger partial charge on any atom is -0.478 e. The minimum atomic E-state index is -1.24. The number of hydrogen-bond donors (Lipinski definition) is 4. The molecule has 2 aromatic rings. The van der Waals surface area contributed by atoms with Gasteiger partial charge >= 0.3 is 23.9 Å². The van der Waals surface area contributed by atoms with Gasteiger partial charge in [0.2, 0.25) is 0 Å². The van der Waals surface area contributed by atoms with E-state index in [4.69, 9.17) is 0 Å². The first kappa shape index (κ1) is 23.8. The molecular formula is C26H18N2O8. The van der Waals surface area contributed by atoms with Crippen molar-refractivity contribution in [3.8, 4) is 0 Å². The number of allylic oxidation sites excluding steroid dienone is 6. The molecule has 2 aromatic carbocycles. The summed E-state index contributed by atoms with van der Waals surface area (Å²) in [6, 6.07) is 7.67. The van der Waals surface area contributed by atoms with Crippen LogP contribution >= 0.6 is 0 Å². The van der Waals surface area contributed by atoms with Crippen LogP contribution in [0.2, 0.25) is 0 Å². The first-order chi connectivity index (χ1) is 17.1. The molecule has 0 saturated heterocycles. The van der Waals surface area contributed by atoms with Gasteiger partial charge in [-0.25, -0.2) is 19.2 Å². The molecule has 180 valence electrons. The molecule has 10 nitrogen and oxygen atoms in total. The van der Waals surface area contributed by atoms with E-state index < -0.39 is 23.9 Å². The van der Waals surface area contributed by atoms with Crippen molar-refractivity contribution in [1.82, 2.24) is 0 Å². The van der Waals surface area contributed by atoms with Crippen molar-refractivity contribution in [3.05, 3.63) is 119 Å². The molecular weight excluding hydrogens is 468 g/mol. The van der Waals surface area contributed by atoms with Gasteiger partial charge in [0.25, 0.3) is 0 Å². The maximum atomic E-state index is 11.4. The Hall–Kier alpha value is -5.38. The van der Waals surface area contributed by atoms with Crippen LogP contribution in [0.4, 0.5) is 11.4 Å². The molecule has 4 N–H and O–H groups in total. The van der Waals surface area contributed by atoms with Crippen molar-refractivity contribution in [2.45, 2.75) is 0 Å². The lowest BCUT2D eigenvalue weighted by Gasteiger charge is -2.23. The predicted octanol–water partition coefficient (Wildman–Crippen LogP) is 4.17. The highest BCUT2D eigenvalue weighted by atomic mass is 16.4. The topological polar surface area (TPSA) is 156 Å². The molecule has 0 bridgehead atoms. The Morgan fingerprint density at radius 3 is 0.917 bits per heavy atom. The number of hydrogen-bond acceptors (Lipinski definition) is 6. The molecule has 2 heterocycles. The molecule has 10 heteroatoms. The summed E-state index contributed by atoms with van der Waals surface area (Å²) in [5.41, 5.74) is 1.77. The average Bonchev–Trinajstić information content (AvgIpc) is 2.88. The summed E-state index contributed by atoms with van der Waals surface area (Å²) in [6.07, 6.45) is 13.7. The number of nitrogens with zero attached hydrogens (tertiary/aromatic N) is 2. The molecule has 0 saturated carbocycles. The van der Waals surface area contributed by atoms with Crippen LogP contribution in [0.1, 0.15) is 41.4 Å². The lowest BCUT2D eigenvalue weighted by Crippen LogP contribution is -2.14. The molecule has 2 aliphatic rings. The van der Waals surface area contributed by atoms with Crippen molar-refractivity contribution in [2.24, 2.45) is 0 Å². The van der Waals surface area contributed by atoms with E-state index in [1.54, 1.807) is 58.9 Å². The molecule has 0 fully saturated rings. The summed E-state index contributed by atoms with van der Waals surface area (Å²) >= 11 is 0. The Morgan fingerprint density at radius 1 is 0.444 bits per heavy atom. The molecule has 0 atom stereocenters. The van der Waals surface area contributed by atoms with Gasteiger partial charge in [0.1, 0.15) is 0 Å². The zero-order chi connectivity index (χ0) is 26.0. The summed E-state index contributed by atoms with van der Waals surface area (Å²) in [4.78, 5) is 48.7. The van der Waals surface area contributed by atoms with Crippen molar-refractivity contribution in [1.29, 1.82) is 0 Å². The smallest absolute Gasteiger partial charge is 0.335 e. The second kappa shape index (κ2) is 9.47. The predicted molar refractivity (Wildman–Crippen MR) is 129 cm³/mol. The summed E-state index contributed by atoms with van der Waals surface area (Å²) < 4.78 is 0. The van der Waals surface area contributed by atoms with Crippen molar-refractivity contribution >= 4 is 35.3 Å². The van der Waals surface area contributed by atoms with E-state index in [9.17, 15) is 39.6 Å². The zero-order valence-corrected chi connectivity index (χ0v) is 18.4. The maximum Gasteiger partial charge on any atom is 0.335 e. The van der Waals surface area contributed by atoms with Crippen LogP contribution in [0.25, 0.3) is 0 Å². The maximum absolute atomic E-state index is 11.4. The highest BCUT2D eigenvalue weighted by Crippen LogP contribution is 2.28. The minimum absolute atomic E-state index is 0.146. The van der Waals surface area contributed by atoms with E-state index in [0.29, 0.717) is 11.4 Å². The van der Waals surface area contributed by atoms with E-state index in [1.807, 2.05) is 0 Å². The first-order valence-corrected chi connectivity index (χ1v) is 10.4. The average molecular weight is 486 g/mol. The largest absolute Gasteiger partial charge is 0.478 e. The van der Waals surface area contributed by atoms with Gasteiger partial charge in [-0.15, -0.1) is 0 Å². The number of aromatic carboxylic acids is 4. The monoisotopic (exact) mass is 486 g/mol. The highest BCUT2D eigenvalue weighted by Gasteiger charge is 2.17. The molecule has 0 amide bonds. The van der Waals surface area contributed by atoms with Crippen molar-refractivity contribution in [3.63, 3.8) is 0 Å². The molecule has 0 spiro atoms. The fourth-order valence-corrected chi connectivity index (χ4v) is 3.60. The molecule has 0 unspecified atom stereocenters. The van der Waals surface area contributed by atoms with Gasteiger partial charge in [-0.05, 0) is 71.8 Å². The van der Waals surface area contributed by atoms with Crippen molar-refractivity contribution < 1.29 is 39.6 Å². The Kier molecular flexibility index (Phi) is 6.25. The van der Waals surface area contributed by atoms with Crippen LogP contribution < -0.4 is 9.80 Å². The Balaban J connectivity index is 1.57. The number of anilines is 2. The third kappa shape index (κ3) is 4.92. The van der Waals surface area contributed by atoms with Crippen LogP contribution in [0.3, 0.4) is 0 Å². The fourth-order valence-electron chi connectivity index (χ4n) is 3.60. The Morgan fingerprint density at radius 2 is 0.694 bits per heavy atom. The van der Waals surface area contributed by atoms with E-state index in [2.05, 4.69) is 0 Å². The first-order valence-electron chi connectivity index (χ1n) is 10.4. The quantitative estimate of drug-likeness (QED) is 0.467. The van der Waals surface area contributed by atoms with Crippen LogP contribution in [-0.2, 0) is 0 Å². The van der Waals surface area contributed by atoms with E-state index in [-0.39, 0.29) is 22.3 Å². The van der Waals surface area contributed by atoms with Gasteiger partial charge in [-0.1, -0.05) is 0 Å². The standard InChI is InChI=1S/C26H18N2O8/c29-23(30)17-9-18(24(31)32)12-21(11-17)27-5-1-15(2-6-27)16-3-7-28(8-4-16)22-13-19(25(33)34)10-20(14-22)26(35)36/h1-14H,(H,29,30)(H,31,32)(H,33,34)(H,35,36). The zero-order valence-electron chi connectivity index (χ0n) is 18.4. The summed E-state index contributed by atoms with van der Waals surface area (Å²) in [5.74, 6) is -4.95. The molecule has 36 heavy (non-hydrogen) atoms. The SMILES string of the molecule is O=C(O)c1cc(C(=O)O)cc(N2C=CC(=C3C=CN(c4cc(C(=O)O)cc(C(=O)O)c4)C=C3)C=C2)c1. The molecule has 0 aromatic heterocycles. The van der Waals surface area contributed by atoms with Gasteiger partial charge in [0.05, 0.1) is 22.3 Å². The van der Waals surface area contributed by atoms with E-state index in [0.717, 1.165) is 23.3 Å². The third-order valence-electron chi connectivity index (χ3n) is 5.41. The van der Waals surface area contributed by atoms with Gasteiger partial charge in [-0.2, -0.15) is 0 Å². The Labute approximate surface area is 203 Å². The van der Waals surface area contributed by atoms with Crippen molar-refractivity contribution in [2.75, 3.05) is 9.80 Å². The Bertz CT molecular complexity index is 1260. The van der Waals surface area contributed by atoms with E-state index >= 15 is 0 Å². The number of rotatable bonds is 6. The van der Waals surface area contributed by atoms with Crippen LogP contribution in [0.15, 0.2) is 96.6 Å². The van der Waals surface area contributed by atoms with Crippen LogP contribution in [-0.4, -0.2) is 44.3 Å². The molecule has 4 rings (SSSR count). The molecule has 2 aliphatic heterocycles. The second-order valence-electron chi connectivity index (χ2n) is 7.75. The van der Waals surface area contributed by atoms with Gasteiger partial charge in [-0.3, -0.25) is 0 Å². The number of carbonyl (C=O) groups is 4. The van der Waals surface area contributed by atoms with Gasteiger partial charge < -0.3 is 30.2 Å². The summed E-state index contributed by atoms with van der Waals surface area (Å²) in [6.45, 7) is 0. The van der Waals surface area contributed by atoms with E-state index in [1.165, 1.54) is 24.3 Å². The number of carboxylic acid groups (broad SMARTS) is 4. The molecule has 0 aliphatic carbocycles. The number of carboxylic acids is 4. The van der Waals surface area contributed by atoms with Crippen LogP contribution in [0.5, 0.6) is 0 Å². The fraction of sp³-hybridized carbons (Fsp3) is 0. The third-order valence-corrected chi connectivity index (χ3v) is 5.41. The lowest BCUT2D eigenvalue weighted by atomic mass is 10.0. The summed E-state index contributed by atoms with van der Waals surface area (Å²) in [7, 11) is 0. The lowest BCUT2D eigenvalue weighted by molar-refractivity contribution is 0.0676. The molecule has 0 radical (unpaired) electrons.